The van der Waals surface area contributed by atoms with E-state index in [-0.39, 0.29) is 27.3 Å². The third-order valence-corrected chi connectivity index (χ3v) is 11.8. The van der Waals surface area contributed by atoms with Crippen LogP contribution in [0, 0.1) is 0 Å². The molecule has 0 unspecified atom stereocenters. The topological polar surface area (TPSA) is 306 Å². The zero-order chi connectivity index (χ0) is 48.8. The van der Waals surface area contributed by atoms with E-state index in [1.165, 1.54) is 24.7 Å². The molecule has 0 radical (unpaired) electrons. The number of H-pyrrole nitrogens is 1. The van der Waals surface area contributed by atoms with Gasteiger partial charge in [0, 0.05) is 73.5 Å². The molecule has 7 heterocycles. The molecule has 0 amide bonds. The first-order valence-electron chi connectivity index (χ1n) is 21.6. The van der Waals surface area contributed by atoms with Crippen molar-refractivity contribution in [3.63, 3.8) is 0 Å². The molecule has 21 nitrogen and oxygen atoms in total. The lowest BCUT2D eigenvalue weighted by atomic mass is 10.1. The van der Waals surface area contributed by atoms with Crippen LogP contribution in [0.2, 0.25) is 0 Å². The molecule has 69 heavy (non-hydrogen) atoms. The number of hydrogen-bond donors (Lipinski definition) is 5. The zero-order valence-electron chi connectivity index (χ0n) is 37.7. The highest BCUT2D eigenvalue weighted by atomic mass is 32.2. The fraction of sp³-hybridized carbons (Fsp3) is 0.196. The Kier molecular flexibility index (Phi) is 16.3. The van der Waals surface area contributed by atoms with Gasteiger partial charge in [0.05, 0.1) is 56.3 Å². The summed E-state index contributed by atoms with van der Waals surface area (Å²) in [6.07, 6.45) is 13.5. The second-order valence-electron chi connectivity index (χ2n) is 14.8. The minimum atomic E-state index is -4.03. The fourth-order valence-corrected chi connectivity index (χ4v) is 7.83. The molecule has 1 fully saturated rings. The number of nitrogens with one attached hydrogen (secondary N) is 2. The first-order valence-corrected chi connectivity index (χ1v) is 24.7. The number of aromatic amines is 1. The molecule has 1 saturated heterocycles. The summed E-state index contributed by atoms with van der Waals surface area (Å²) in [5, 5.41) is 17.9. The number of ether oxygens (including phenoxy) is 1. The van der Waals surface area contributed by atoms with Crippen molar-refractivity contribution in [2.45, 2.75) is 30.3 Å². The molecule has 23 heteroatoms. The van der Waals surface area contributed by atoms with Gasteiger partial charge in [-0.25, -0.2) is 46.6 Å². The van der Waals surface area contributed by atoms with Gasteiger partial charge in [-0.05, 0) is 29.3 Å². The molecular weight excluding hydrogens is 921 g/mol. The van der Waals surface area contributed by atoms with Gasteiger partial charge in [0.1, 0.15) is 21.9 Å². The number of rotatable bonds is 13. The third kappa shape index (κ3) is 12.9. The van der Waals surface area contributed by atoms with Crippen molar-refractivity contribution >= 4 is 43.1 Å². The van der Waals surface area contributed by atoms with Crippen molar-refractivity contribution in [3.8, 4) is 33.8 Å². The van der Waals surface area contributed by atoms with Gasteiger partial charge >= 0.3 is 0 Å². The van der Waals surface area contributed by atoms with Crippen molar-refractivity contribution in [3.05, 3.63) is 152 Å². The summed E-state index contributed by atoms with van der Waals surface area (Å²) < 4.78 is 54.0. The minimum absolute atomic E-state index is 0.0803. The molecule has 6 aromatic heterocycles. The quantitative estimate of drug-likeness (QED) is 0.0801. The SMILES string of the molecule is CC.NC(=NC(=NCCN1CCOCC1)c1[nH]ccc1-c1ccccc1)c1cncc(S(N)(=O)=O)c1.NS(=O)(=O)c1cncc(-c2nc(NCc3cnccn3)c3c(-c4ccccc4)ccn3n2)n1. The third-order valence-electron chi connectivity index (χ3n) is 10.2. The van der Waals surface area contributed by atoms with Crippen LogP contribution in [0.25, 0.3) is 39.3 Å². The average molecular weight is 971 g/mol. The number of pyridine rings is 1. The van der Waals surface area contributed by atoms with Crippen LogP contribution in [0.4, 0.5) is 5.82 Å². The molecule has 356 valence electrons. The molecule has 0 spiro atoms. The fourth-order valence-electron chi connectivity index (χ4n) is 6.89. The van der Waals surface area contributed by atoms with E-state index < -0.39 is 20.0 Å². The lowest BCUT2D eigenvalue weighted by Gasteiger charge is -2.25. The number of nitrogens with zero attached hydrogens (tertiary/aromatic N) is 11. The van der Waals surface area contributed by atoms with Crippen molar-refractivity contribution in [2.24, 2.45) is 26.0 Å². The summed E-state index contributed by atoms with van der Waals surface area (Å²) in [6.45, 7) is 8.77. The number of hydrogen-bond acceptors (Lipinski definition) is 15. The predicted octanol–water partition coefficient (Wildman–Crippen LogP) is 4.14. The van der Waals surface area contributed by atoms with E-state index in [2.05, 4.69) is 55.2 Å². The van der Waals surface area contributed by atoms with E-state index >= 15 is 0 Å². The van der Waals surface area contributed by atoms with Crippen LogP contribution < -0.4 is 21.3 Å². The van der Waals surface area contributed by atoms with E-state index in [4.69, 9.17) is 25.7 Å². The summed E-state index contributed by atoms with van der Waals surface area (Å²) in [6, 6.07) is 25.0. The summed E-state index contributed by atoms with van der Waals surface area (Å²) in [4.78, 5) is 39.7. The number of fused-ring (bicyclic) bond motifs is 1. The summed E-state index contributed by atoms with van der Waals surface area (Å²) in [5.74, 6) is 1.18. The second-order valence-corrected chi connectivity index (χ2v) is 17.8. The number of anilines is 1. The molecule has 2 aromatic carbocycles. The Hall–Kier alpha value is -7.67. The molecule has 8 aromatic rings. The number of sulfonamides is 2. The van der Waals surface area contributed by atoms with Crippen LogP contribution in [-0.4, -0.2) is 117 Å². The highest BCUT2D eigenvalue weighted by Gasteiger charge is 2.20. The monoisotopic (exact) mass is 970 g/mol. The standard InChI is InChI=1S/C23H27N7O3S.C21H17N9O2S.C2H6/c24-22(18-14-19(16-26-15-18)34(25,31)32)29-23(28-8-9-30-10-12-33-13-11-30)21-20(6-7-27-21)17-4-2-1-3-5-17;22-33(31,32)18-13-24-12-17(27-18)20-28-21(26-11-15-10-23-7-8-25-15)19-16(6-9-30(19)29-20)14-4-2-1-3-5-14;1-2/h1-7,14-16,27H,8-13H2,(H2,24,28,29)(H2,25,31,32);1-10,12-13H,11H2,(H2,22,31,32)(H,26,28,29);1-2H3. The normalized spacial score (nSPS) is 13.5. The van der Waals surface area contributed by atoms with Crippen LogP contribution in [0.1, 0.15) is 30.8 Å². The van der Waals surface area contributed by atoms with Gasteiger partial charge < -0.3 is 20.8 Å². The Labute approximate surface area is 398 Å². The molecule has 0 saturated carbocycles. The van der Waals surface area contributed by atoms with E-state index in [1.807, 2.05) is 92.8 Å². The zero-order valence-corrected chi connectivity index (χ0v) is 39.3. The van der Waals surface area contributed by atoms with Gasteiger partial charge in [0.25, 0.3) is 10.0 Å². The maximum absolute atomic E-state index is 11.7. The van der Waals surface area contributed by atoms with Gasteiger partial charge in [-0.1, -0.05) is 74.5 Å². The predicted molar refractivity (Wildman–Crippen MR) is 263 cm³/mol. The van der Waals surface area contributed by atoms with Crippen molar-refractivity contribution in [2.75, 3.05) is 44.7 Å². The maximum Gasteiger partial charge on any atom is 0.257 e. The first kappa shape index (κ1) is 49.2. The molecule has 1 aliphatic heterocycles. The Morgan fingerprint density at radius 2 is 1.52 bits per heavy atom. The van der Waals surface area contributed by atoms with Crippen LogP contribution in [0.15, 0.2) is 155 Å². The van der Waals surface area contributed by atoms with Crippen molar-refractivity contribution in [1.29, 1.82) is 0 Å². The van der Waals surface area contributed by atoms with Crippen LogP contribution >= 0.6 is 0 Å². The second kappa shape index (κ2) is 22.9. The number of nitrogens with two attached hydrogens (primary N) is 3. The van der Waals surface area contributed by atoms with Gasteiger partial charge in [0.15, 0.2) is 16.7 Å². The van der Waals surface area contributed by atoms with Gasteiger partial charge in [-0.2, -0.15) is 0 Å². The number of amidine groups is 2. The summed E-state index contributed by atoms with van der Waals surface area (Å²) >= 11 is 0. The number of morpholine rings is 1. The lowest BCUT2D eigenvalue weighted by molar-refractivity contribution is 0.0394. The lowest BCUT2D eigenvalue weighted by Crippen LogP contribution is -2.37. The van der Waals surface area contributed by atoms with E-state index in [1.54, 1.807) is 29.3 Å². The molecule has 9 rings (SSSR count). The molecule has 0 bridgehead atoms. The highest BCUT2D eigenvalue weighted by Crippen LogP contribution is 2.31. The van der Waals surface area contributed by atoms with Crippen LogP contribution in [0.3, 0.4) is 0 Å². The van der Waals surface area contributed by atoms with Gasteiger partial charge in [-0.15, -0.1) is 5.10 Å². The van der Waals surface area contributed by atoms with Crippen LogP contribution in [0.5, 0.6) is 0 Å². The van der Waals surface area contributed by atoms with E-state index in [9.17, 15) is 16.8 Å². The Balaban J connectivity index is 0.000000197. The number of aliphatic imine (C=N–C) groups is 2. The Morgan fingerprint density at radius 3 is 2.20 bits per heavy atom. The van der Waals surface area contributed by atoms with E-state index in [0.29, 0.717) is 49.2 Å². The highest BCUT2D eigenvalue weighted by molar-refractivity contribution is 7.89. The largest absolute Gasteiger partial charge is 0.383 e. The number of aromatic nitrogens is 9. The maximum atomic E-state index is 11.7. The Morgan fingerprint density at radius 1 is 0.812 bits per heavy atom. The van der Waals surface area contributed by atoms with Gasteiger partial charge in [0.2, 0.25) is 15.8 Å². The van der Waals surface area contributed by atoms with Crippen LogP contribution in [-0.2, 0) is 31.3 Å². The smallest absolute Gasteiger partial charge is 0.257 e. The van der Waals surface area contributed by atoms with Gasteiger partial charge in [-0.3, -0.25) is 29.8 Å². The Bertz CT molecular complexity index is 3260. The molecule has 0 atom stereocenters. The van der Waals surface area contributed by atoms with E-state index in [0.717, 1.165) is 59.3 Å². The number of primary sulfonamides is 2. The average Bonchev–Trinajstić information content (AvgIpc) is 4.06. The van der Waals surface area contributed by atoms with Crippen molar-refractivity contribution < 1.29 is 21.6 Å². The minimum Gasteiger partial charge on any atom is -0.383 e. The summed E-state index contributed by atoms with van der Waals surface area (Å²) in [7, 11) is -7.96. The molecule has 0 aliphatic carbocycles. The molecule has 8 N–H and O–H groups in total. The van der Waals surface area contributed by atoms with Crippen molar-refractivity contribution in [1.82, 2.24) is 49.4 Å². The molecule has 1 aliphatic rings. The molecular formula is C46H50N16O5S2. The summed E-state index contributed by atoms with van der Waals surface area (Å²) in [5.41, 5.74) is 12.8. The number of benzene rings is 2. The first-order chi connectivity index (χ1) is 33.4.